The van der Waals surface area contributed by atoms with Gasteiger partial charge in [0.2, 0.25) is 5.91 Å². The first-order valence-corrected chi connectivity index (χ1v) is 7.62. The van der Waals surface area contributed by atoms with Crippen LogP contribution in [0.4, 0.5) is 0 Å². The molecule has 0 spiro atoms. The van der Waals surface area contributed by atoms with E-state index in [9.17, 15) is 4.79 Å². The number of hydrogen-bond acceptors (Lipinski definition) is 3. The third kappa shape index (κ3) is 5.00. The molecular weight excluding hydrogens is 278 g/mol. The average molecular weight is 301 g/mol. The van der Waals surface area contributed by atoms with Crippen LogP contribution >= 0.6 is 0 Å². The molecule has 0 radical (unpaired) electrons. The second-order valence-electron chi connectivity index (χ2n) is 5.35. The standard InChI is InChI=1S/C17H23N3O2/c1-14-18-10-12-20(14)11-2-3-17(22)19-9-8-15-4-6-16(13-21)7-5-15/h4-7,10,12,21H,2-3,8-9,11,13H2,1H3,(H,19,22). The fraction of sp³-hybridized carbons (Fsp3) is 0.412. The van der Waals surface area contributed by atoms with Crippen LogP contribution in [0.25, 0.3) is 0 Å². The normalized spacial score (nSPS) is 10.6. The van der Waals surface area contributed by atoms with Crippen LogP contribution in [-0.2, 0) is 24.4 Å². The van der Waals surface area contributed by atoms with Gasteiger partial charge in [0.15, 0.2) is 0 Å². The Kier molecular flexibility index (Phi) is 6.15. The Labute approximate surface area is 131 Å². The van der Waals surface area contributed by atoms with Gasteiger partial charge in [-0.05, 0) is 30.9 Å². The Hall–Kier alpha value is -2.14. The number of amides is 1. The molecule has 2 N–H and O–H groups in total. The summed E-state index contributed by atoms with van der Waals surface area (Å²) in [6.45, 7) is 3.48. The number of hydrogen-bond donors (Lipinski definition) is 2. The number of carbonyl (C=O) groups is 1. The van der Waals surface area contributed by atoms with E-state index < -0.39 is 0 Å². The predicted octanol–water partition coefficient (Wildman–Crippen LogP) is 1.82. The van der Waals surface area contributed by atoms with E-state index in [0.29, 0.717) is 13.0 Å². The predicted molar refractivity (Wildman–Crippen MR) is 85.3 cm³/mol. The van der Waals surface area contributed by atoms with Gasteiger partial charge in [-0.15, -0.1) is 0 Å². The highest BCUT2D eigenvalue weighted by Gasteiger charge is 2.02. The minimum absolute atomic E-state index is 0.0629. The summed E-state index contributed by atoms with van der Waals surface area (Å²) in [5.74, 6) is 1.07. The van der Waals surface area contributed by atoms with Crippen molar-refractivity contribution in [1.82, 2.24) is 14.9 Å². The van der Waals surface area contributed by atoms with Crippen molar-refractivity contribution in [3.63, 3.8) is 0 Å². The zero-order valence-corrected chi connectivity index (χ0v) is 13.0. The van der Waals surface area contributed by atoms with Gasteiger partial charge in [0, 0.05) is 31.9 Å². The molecule has 0 saturated heterocycles. The first kappa shape index (κ1) is 16.2. The van der Waals surface area contributed by atoms with E-state index >= 15 is 0 Å². The van der Waals surface area contributed by atoms with E-state index in [-0.39, 0.29) is 12.5 Å². The van der Waals surface area contributed by atoms with Gasteiger partial charge in [-0.1, -0.05) is 24.3 Å². The highest BCUT2D eigenvalue weighted by molar-refractivity contribution is 5.75. The van der Waals surface area contributed by atoms with Crippen LogP contribution < -0.4 is 5.32 Å². The fourth-order valence-corrected chi connectivity index (χ4v) is 2.30. The second kappa shape index (κ2) is 8.34. The molecule has 0 fully saturated rings. The molecule has 0 bridgehead atoms. The third-order valence-electron chi connectivity index (χ3n) is 3.67. The number of aryl methyl sites for hydroxylation is 2. The van der Waals surface area contributed by atoms with Gasteiger partial charge in [0.1, 0.15) is 5.82 Å². The molecule has 0 aliphatic rings. The van der Waals surface area contributed by atoms with Crippen LogP contribution in [0.15, 0.2) is 36.7 Å². The molecule has 1 aromatic heterocycles. The van der Waals surface area contributed by atoms with Crippen LogP contribution in [0.1, 0.15) is 29.8 Å². The molecule has 0 aliphatic carbocycles. The molecule has 0 aliphatic heterocycles. The monoisotopic (exact) mass is 301 g/mol. The van der Waals surface area contributed by atoms with Crippen LogP contribution in [-0.4, -0.2) is 27.1 Å². The van der Waals surface area contributed by atoms with E-state index in [1.807, 2.05) is 37.4 Å². The van der Waals surface area contributed by atoms with Gasteiger partial charge in [-0.25, -0.2) is 4.98 Å². The molecule has 118 valence electrons. The average Bonchev–Trinajstić information content (AvgIpc) is 2.93. The molecule has 1 amide bonds. The van der Waals surface area contributed by atoms with Crippen molar-refractivity contribution in [2.75, 3.05) is 6.54 Å². The van der Waals surface area contributed by atoms with Gasteiger partial charge in [0.25, 0.3) is 0 Å². The highest BCUT2D eigenvalue weighted by atomic mass is 16.3. The number of imidazole rings is 1. The number of nitrogens with zero attached hydrogens (tertiary/aromatic N) is 2. The summed E-state index contributed by atoms with van der Waals surface area (Å²) < 4.78 is 2.05. The quantitative estimate of drug-likeness (QED) is 0.781. The number of carbonyl (C=O) groups excluding carboxylic acids is 1. The molecule has 0 unspecified atom stereocenters. The molecule has 2 aromatic rings. The van der Waals surface area contributed by atoms with Crippen LogP contribution in [0.5, 0.6) is 0 Å². The lowest BCUT2D eigenvalue weighted by Gasteiger charge is -2.07. The van der Waals surface area contributed by atoms with Gasteiger partial charge >= 0.3 is 0 Å². The smallest absolute Gasteiger partial charge is 0.220 e. The van der Waals surface area contributed by atoms with Gasteiger partial charge in [-0.3, -0.25) is 4.79 Å². The SMILES string of the molecule is Cc1nccn1CCCC(=O)NCCc1ccc(CO)cc1. The number of aromatic nitrogens is 2. The summed E-state index contributed by atoms with van der Waals surface area (Å²) >= 11 is 0. The Morgan fingerprint density at radius 3 is 2.64 bits per heavy atom. The van der Waals surface area contributed by atoms with E-state index in [2.05, 4.69) is 14.9 Å². The topological polar surface area (TPSA) is 67.2 Å². The van der Waals surface area contributed by atoms with Crippen molar-refractivity contribution in [2.24, 2.45) is 0 Å². The van der Waals surface area contributed by atoms with Crippen LogP contribution in [0.2, 0.25) is 0 Å². The van der Waals surface area contributed by atoms with Crippen LogP contribution in [0.3, 0.4) is 0 Å². The first-order valence-electron chi connectivity index (χ1n) is 7.62. The molecule has 2 rings (SSSR count). The maximum absolute atomic E-state index is 11.8. The van der Waals surface area contributed by atoms with Crippen molar-refractivity contribution in [1.29, 1.82) is 0 Å². The number of benzene rings is 1. The van der Waals surface area contributed by atoms with Gasteiger partial charge in [0.05, 0.1) is 6.61 Å². The van der Waals surface area contributed by atoms with E-state index in [4.69, 9.17) is 5.11 Å². The van der Waals surface area contributed by atoms with Gasteiger partial charge in [-0.2, -0.15) is 0 Å². The summed E-state index contributed by atoms with van der Waals surface area (Å²) in [6.07, 6.45) is 5.86. The zero-order chi connectivity index (χ0) is 15.8. The number of nitrogens with one attached hydrogen (secondary N) is 1. The zero-order valence-electron chi connectivity index (χ0n) is 13.0. The number of rotatable bonds is 8. The maximum atomic E-state index is 11.8. The van der Waals surface area contributed by atoms with Crippen LogP contribution in [0, 0.1) is 6.92 Å². The van der Waals surface area contributed by atoms with Gasteiger partial charge < -0.3 is 15.0 Å². The molecule has 22 heavy (non-hydrogen) atoms. The lowest BCUT2D eigenvalue weighted by Crippen LogP contribution is -2.25. The Morgan fingerprint density at radius 1 is 1.27 bits per heavy atom. The van der Waals surface area contributed by atoms with Crippen molar-refractivity contribution < 1.29 is 9.90 Å². The largest absolute Gasteiger partial charge is 0.392 e. The molecule has 1 heterocycles. The first-order chi connectivity index (χ1) is 10.7. The summed E-state index contributed by atoms with van der Waals surface area (Å²) in [5.41, 5.74) is 2.06. The minimum Gasteiger partial charge on any atom is -0.392 e. The van der Waals surface area contributed by atoms with Crippen molar-refractivity contribution in [2.45, 2.75) is 39.3 Å². The summed E-state index contributed by atoms with van der Waals surface area (Å²) in [6, 6.07) is 7.79. The minimum atomic E-state index is 0.0629. The molecule has 1 aromatic carbocycles. The molecule has 0 atom stereocenters. The lowest BCUT2D eigenvalue weighted by atomic mass is 10.1. The molecular formula is C17H23N3O2. The molecule has 5 nitrogen and oxygen atoms in total. The lowest BCUT2D eigenvalue weighted by molar-refractivity contribution is -0.121. The fourth-order valence-electron chi connectivity index (χ4n) is 2.30. The summed E-state index contributed by atoms with van der Waals surface area (Å²) in [7, 11) is 0. The van der Waals surface area contributed by atoms with Crippen molar-refractivity contribution in [3.05, 3.63) is 53.6 Å². The van der Waals surface area contributed by atoms with E-state index in [1.165, 1.54) is 0 Å². The van der Waals surface area contributed by atoms with Crippen molar-refractivity contribution in [3.8, 4) is 0 Å². The number of aliphatic hydroxyl groups excluding tert-OH is 1. The Bertz CT molecular complexity index is 590. The number of aliphatic hydroxyl groups is 1. The Balaban J connectivity index is 1.62. The van der Waals surface area contributed by atoms with E-state index in [1.54, 1.807) is 6.20 Å². The molecule has 5 heteroatoms. The third-order valence-corrected chi connectivity index (χ3v) is 3.67. The summed E-state index contributed by atoms with van der Waals surface area (Å²) in [5, 5.41) is 11.9. The van der Waals surface area contributed by atoms with Crippen molar-refractivity contribution >= 4 is 5.91 Å². The highest BCUT2D eigenvalue weighted by Crippen LogP contribution is 2.05. The molecule has 0 saturated carbocycles. The maximum Gasteiger partial charge on any atom is 0.220 e. The Morgan fingerprint density at radius 2 is 2.00 bits per heavy atom. The second-order valence-corrected chi connectivity index (χ2v) is 5.35. The van der Waals surface area contributed by atoms with E-state index in [0.717, 1.165) is 36.3 Å². The summed E-state index contributed by atoms with van der Waals surface area (Å²) in [4.78, 5) is 15.9.